The van der Waals surface area contributed by atoms with E-state index in [1.54, 1.807) is 0 Å². The van der Waals surface area contributed by atoms with Gasteiger partial charge < -0.3 is 5.73 Å². The summed E-state index contributed by atoms with van der Waals surface area (Å²) in [6.07, 6.45) is 10.9. The van der Waals surface area contributed by atoms with Gasteiger partial charge in [0.2, 0.25) is 0 Å². The third-order valence-electron chi connectivity index (χ3n) is 3.87. The van der Waals surface area contributed by atoms with Crippen molar-refractivity contribution in [3.63, 3.8) is 0 Å². The molecule has 1 saturated carbocycles. The van der Waals surface area contributed by atoms with Crippen LogP contribution in [0.4, 0.5) is 0 Å². The van der Waals surface area contributed by atoms with Crippen LogP contribution in [0.5, 0.6) is 0 Å². The first-order valence-electron chi connectivity index (χ1n) is 6.51. The topological polar surface area (TPSA) is 26.0 Å². The first-order valence-corrected chi connectivity index (χ1v) is 6.51. The molecule has 0 radical (unpaired) electrons. The molecule has 1 aliphatic carbocycles. The van der Waals surface area contributed by atoms with Crippen LogP contribution in [0, 0.1) is 11.8 Å². The van der Waals surface area contributed by atoms with Crippen molar-refractivity contribution < 1.29 is 0 Å². The van der Waals surface area contributed by atoms with Gasteiger partial charge in [-0.1, -0.05) is 52.4 Å². The van der Waals surface area contributed by atoms with E-state index in [0.717, 1.165) is 11.8 Å². The van der Waals surface area contributed by atoms with Gasteiger partial charge >= 0.3 is 0 Å². The Labute approximate surface area is 89.5 Å². The quantitative estimate of drug-likeness (QED) is 0.645. The van der Waals surface area contributed by atoms with Crippen molar-refractivity contribution in [3.05, 3.63) is 0 Å². The standard InChI is InChI=1S/C13H27N/c1-3-4-5-6-10-13(14)12-9-7-8-11(12)2/h11-13H,3-10,14H2,1-2H3. The molecule has 3 atom stereocenters. The summed E-state index contributed by atoms with van der Waals surface area (Å²) in [6, 6.07) is 0.490. The van der Waals surface area contributed by atoms with E-state index in [0.29, 0.717) is 6.04 Å². The highest BCUT2D eigenvalue weighted by atomic mass is 14.7. The van der Waals surface area contributed by atoms with Crippen molar-refractivity contribution in [3.8, 4) is 0 Å². The second kappa shape index (κ2) is 6.44. The van der Waals surface area contributed by atoms with Crippen LogP contribution in [-0.2, 0) is 0 Å². The summed E-state index contributed by atoms with van der Waals surface area (Å²) in [5.74, 6) is 1.72. The number of unbranched alkanes of at least 4 members (excludes halogenated alkanes) is 3. The van der Waals surface area contributed by atoms with Gasteiger partial charge in [-0.05, 0) is 24.7 Å². The van der Waals surface area contributed by atoms with Crippen LogP contribution in [0.25, 0.3) is 0 Å². The molecule has 0 aromatic rings. The molecule has 0 heterocycles. The fourth-order valence-corrected chi connectivity index (χ4v) is 2.83. The Morgan fingerprint density at radius 2 is 2.00 bits per heavy atom. The van der Waals surface area contributed by atoms with E-state index in [1.807, 2.05) is 0 Å². The second-order valence-electron chi connectivity index (χ2n) is 5.09. The summed E-state index contributed by atoms with van der Waals surface area (Å²) >= 11 is 0. The maximum absolute atomic E-state index is 6.25. The van der Waals surface area contributed by atoms with E-state index < -0.39 is 0 Å². The molecule has 0 spiro atoms. The lowest BCUT2D eigenvalue weighted by Crippen LogP contribution is -2.31. The van der Waals surface area contributed by atoms with Gasteiger partial charge in [-0.25, -0.2) is 0 Å². The summed E-state index contributed by atoms with van der Waals surface area (Å²) in [6.45, 7) is 4.64. The average Bonchev–Trinajstić information content (AvgIpc) is 2.59. The molecular weight excluding hydrogens is 170 g/mol. The SMILES string of the molecule is CCCCCCC(N)C1CCCC1C. The molecule has 1 aliphatic rings. The fraction of sp³-hybridized carbons (Fsp3) is 1.00. The highest BCUT2D eigenvalue weighted by molar-refractivity contribution is 4.82. The van der Waals surface area contributed by atoms with Gasteiger partial charge in [-0.2, -0.15) is 0 Å². The predicted molar refractivity (Wildman–Crippen MR) is 63.2 cm³/mol. The van der Waals surface area contributed by atoms with Crippen molar-refractivity contribution in [1.29, 1.82) is 0 Å². The van der Waals surface area contributed by atoms with Gasteiger partial charge in [0.05, 0.1) is 0 Å². The molecule has 0 aromatic heterocycles. The summed E-state index contributed by atoms with van der Waals surface area (Å²) in [5, 5.41) is 0. The molecule has 0 aromatic carbocycles. The molecule has 1 fully saturated rings. The number of rotatable bonds is 6. The lowest BCUT2D eigenvalue weighted by atomic mass is 9.88. The van der Waals surface area contributed by atoms with E-state index in [1.165, 1.54) is 51.4 Å². The average molecular weight is 197 g/mol. The van der Waals surface area contributed by atoms with Gasteiger partial charge in [0.15, 0.2) is 0 Å². The van der Waals surface area contributed by atoms with Crippen molar-refractivity contribution in [2.24, 2.45) is 17.6 Å². The Kier molecular flexibility index (Phi) is 5.54. The smallest absolute Gasteiger partial charge is 0.00697 e. The van der Waals surface area contributed by atoms with Crippen LogP contribution in [0.15, 0.2) is 0 Å². The Morgan fingerprint density at radius 3 is 2.57 bits per heavy atom. The molecule has 14 heavy (non-hydrogen) atoms. The molecule has 1 nitrogen and oxygen atoms in total. The Hall–Kier alpha value is -0.0400. The van der Waals surface area contributed by atoms with E-state index in [4.69, 9.17) is 5.73 Å². The van der Waals surface area contributed by atoms with Gasteiger partial charge in [0, 0.05) is 6.04 Å². The second-order valence-corrected chi connectivity index (χ2v) is 5.09. The van der Waals surface area contributed by atoms with Gasteiger partial charge in [-0.3, -0.25) is 0 Å². The first kappa shape index (κ1) is 12.0. The number of nitrogens with two attached hydrogens (primary N) is 1. The number of hydrogen-bond donors (Lipinski definition) is 1. The summed E-state index contributed by atoms with van der Waals surface area (Å²) in [4.78, 5) is 0. The molecule has 0 bridgehead atoms. The van der Waals surface area contributed by atoms with E-state index in [2.05, 4.69) is 13.8 Å². The highest BCUT2D eigenvalue weighted by Gasteiger charge is 2.27. The van der Waals surface area contributed by atoms with Gasteiger partial charge in [0.1, 0.15) is 0 Å². The largest absolute Gasteiger partial charge is 0.327 e. The maximum Gasteiger partial charge on any atom is 0.00697 e. The van der Waals surface area contributed by atoms with Crippen LogP contribution >= 0.6 is 0 Å². The zero-order chi connectivity index (χ0) is 10.4. The number of hydrogen-bond acceptors (Lipinski definition) is 1. The van der Waals surface area contributed by atoms with Crippen LogP contribution in [0.1, 0.15) is 65.2 Å². The lowest BCUT2D eigenvalue weighted by Gasteiger charge is -2.23. The normalized spacial score (nSPS) is 29.4. The molecular formula is C13H27N. The molecule has 0 aliphatic heterocycles. The highest BCUT2D eigenvalue weighted by Crippen LogP contribution is 2.34. The minimum absolute atomic E-state index is 0.490. The zero-order valence-corrected chi connectivity index (χ0v) is 9.97. The lowest BCUT2D eigenvalue weighted by molar-refractivity contribution is 0.324. The minimum atomic E-state index is 0.490. The summed E-state index contributed by atoms with van der Waals surface area (Å²) < 4.78 is 0. The van der Waals surface area contributed by atoms with Gasteiger partial charge in [0.25, 0.3) is 0 Å². The van der Waals surface area contributed by atoms with Crippen molar-refractivity contribution in [1.82, 2.24) is 0 Å². The zero-order valence-electron chi connectivity index (χ0n) is 9.97. The first-order chi connectivity index (χ1) is 6.75. The van der Waals surface area contributed by atoms with E-state index in [9.17, 15) is 0 Å². The van der Waals surface area contributed by atoms with Crippen LogP contribution in [0.3, 0.4) is 0 Å². The van der Waals surface area contributed by atoms with Crippen molar-refractivity contribution in [2.75, 3.05) is 0 Å². The molecule has 2 N–H and O–H groups in total. The van der Waals surface area contributed by atoms with Crippen LogP contribution in [0.2, 0.25) is 0 Å². The Balaban J connectivity index is 2.11. The molecule has 0 saturated heterocycles. The molecule has 0 amide bonds. The summed E-state index contributed by atoms with van der Waals surface area (Å²) in [5.41, 5.74) is 6.25. The molecule has 1 rings (SSSR count). The third-order valence-corrected chi connectivity index (χ3v) is 3.87. The van der Waals surface area contributed by atoms with Crippen molar-refractivity contribution >= 4 is 0 Å². The van der Waals surface area contributed by atoms with E-state index in [-0.39, 0.29) is 0 Å². The van der Waals surface area contributed by atoms with Gasteiger partial charge in [-0.15, -0.1) is 0 Å². The molecule has 1 heteroatoms. The maximum atomic E-state index is 6.25. The van der Waals surface area contributed by atoms with Crippen LogP contribution < -0.4 is 5.73 Å². The monoisotopic (exact) mass is 197 g/mol. The van der Waals surface area contributed by atoms with Crippen LogP contribution in [-0.4, -0.2) is 6.04 Å². The van der Waals surface area contributed by atoms with Crippen molar-refractivity contribution in [2.45, 2.75) is 71.3 Å². The minimum Gasteiger partial charge on any atom is -0.327 e. The fourth-order valence-electron chi connectivity index (χ4n) is 2.83. The van der Waals surface area contributed by atoms with E-state index >= 15 is 0 Å². The predicted octanol–water partition coefficient (Wildman–Crippen LogP) is 3.72. The molecule has 3 unspecified atom stereocenters. The Morgan fingerprint density at radius 1 is 1.21 bits per heavy atom. The molecule has 84 valence electrons. The summed E-state index contributed by atoms with van der Waals surface area (Å²) in [7, 11) is 0. The third kappa shape index (κ3) is 3.61. The Bertz CT molecular complexity index is 144.